The molecule has 2 bridgehead atoms. The van der Waals surface area contributed by atoms with E-state index < -0.39 is 5.97 Å². The van der Waals surface area contributed by atoms with E-state index in [1.165, 1.54) is 0 Å². The monoisotopic (exact) mass is 498 g/mol. The lowest BCUT2D eigenvalue weighted by Crippen LogP contribution is -2.38. The van der Waals surface area contributed by atoms with Crippen LogP contribution in [0.2, 0.25) is 10.0 Å². The molecule has 1 N–H and O–H groups in total. The molecule has 3 aromatic rings. The van der Waals surface area contributed by atoms with Crippen molar-refractivity contribution >= 4 is 34.9 Å². The third-order valence-corrected chi connectivity index (χ3v) is 7.87. The van der Waals surface area contributed by atoms with Gasteiger partial charge in [-0.25, -0.2) is 9.48 Å². The lowest BCUT2D eigenvalue weighted by atomic mass is 10.0. The molecule has 3 fully saturated rings. The summed E-state index contributed by atoms with van der Waals surface area (Å²) >= 11 is 13.0. The number of rotatable bonds is 7. The minimum atomic E-state index is -0.902. The highest BCUT2D eigenvalue weighted by Gasteiger charge is 2.45. The van der Waals surface area contributed by atoms with Crippen LogP contribution in [0.25, 0.3) is 11.3 Å². The number of benzene rings is 2. The topological polar surface area (TPSA) is 80.5 Å². The van der Waals surface area contributed by atoms with E-state index in [1.807, 2.05) is 35.0 Å². The van der Waals surface area contributed by atoms with Gasteiger partial charge in [0.2, 0.25) is 0 Å². The van der Waals surface area contributed by atoms with Crippen molar-refractivity contribution in [1.29, 1.82) is 0 Å². The molecule has 2 heterocycles. The zero-order valence-electron chi connectivity index (χ0n) is 18.4. The first kappa shape index (κ1) is 21.9. The SMILES string of the molecule is O=C(O)c1ccc(N2C[C@@H]3C[C@H]2C[C@H]3OCc2c(-c3c(Cl)cccc3Cl)nnn2C2CC2)cc1. The van der Waals surface area contributed by atoms with Gasteiger partial charge in [0.15, 0.2) is 0 Å². The average molecular weight is 499 g/mol. The van der Waals surface area contributed by atoms with Crippen LogP contribution >= 0.6 is 23.2 Å². The standard InChI is InChI=1S/C25H24Cl2N4O3/c26-19-2-1-3-20(27)23(19)24-21(31(29-28-24)17-8-9-17)13-34-22-11-18-10-15(22)12-30(18)16-6-4-14(5-7-16)25(32)33/h1-7,15,17-18,22H,8-13H2,(H,32,33)/t15-,18-,22+/m0/s1. The van der Waals surface area contributed by atoms with E-state index in [2.05, 4.69) is 15.2 Å². The third kappa shape index (κ3) is 3.85. The Balaban J connectivity index is 1.17. The minimum absolute atomic E-state index is 0.164. The molecule has 0 amide bonds. The van der Waals surface area contributed by atoms with Crippen LogP contribution in [-0.4, -0.2) is 44.8 Å². The lowest BCUT2D eigenvalue weighted by molar-refractivity contribution is 0.00958. The quantitative estimate of drug-likeness (QED) is 0.465. The number of piperidine rings is 1. The minimum Gasteiger partial charge on any atom is -0.478 e. The Hall–Kier alpha value is -2.61. The van der Waals surface area contributed by atoms with Crippen LogP contribution in [0.5, 0.6) is 0 Å². The van der Waals surface area contributed by atoms with E-state index in [0.717, 1.165) is 43.6 Å². The van der Waals surface area contributed by atoms with Crippen LogP contribution < -0.4 is 4.90 Å². The molecular weight excluding hydrogens is 475 g/mol. The summed E-state index contributed by atoms with van der Waals surface area (Å²) in [4.78, 5) is 13.5. The van der Waals surface area contributed by atoms with Crippen LogP contribution in [0.15, 0.2) is 42.5 Å². The highest BCUT2D eigenvalue weighted by molar-refractivity contribution is 6.39. The van der Waals surface area contributed by atoms with Crippen molar-refractivity contribution in [3.63, 3.8) is 0 Å². The largest absolute Gasteiger partial charge is 0.478 e. The number of halogens is 2. The van der Waals surface area contributed by atoms with Gasteiger partial charge in [0, 0.05) is 29.8 Å². The van der Waals surface area contributed by atoms with Crippen LogP contribution in [0.4, 0.5) is 5.69 Å². The summed E-state index contributed by atoms with van der Waals surface area (Å²) in [6.45, 7) is 1.33. The number of fused-ring (bicyclic) bond motifs is 2. The van der Waals surface area contributed by atoms with E-state index in [0.29, 0.717) is 51.5 Å². The number of carboxylic acid groups (broad SMARTS) is 1. The summed E-state index contributed by atoms with van der Waals surface area (Å²) in [7, 11) is 0. The summed E-state index contributed by atoms with van der Waals surface area (Å²) < 4.78 is 8.47. The van der Waals surface area contributed by atoms with Gasteiger partial charge >= 0.3 is 5.97 Å². The number of carbonyl (C=O) groups is 1. The molecule has 176 valence electrons. The lowest BCUT2D eigenvalue weighted by Gasteiger charge is -2.33. The van der Waals surface area contributed by atoms with Crippen molar-refractivity contribution in [3.8, 4) is 11.3 Å². The van der Waals surface area contributed by atoms with Crippen molar-refractivity contribution in [2.24, 2.45) is 5.92 Å². The number of carboxylic acids is 1. The Morgan fingerprint density at radius 2 is 1.79 bits per heavy atom. The molecule has 0 radical (unpaired) electrons. The Bertz CT molecular complexity index is 1220. The summed E-state index contributed by atoms with van der Waals surface area (Å²) in [5.74, 6) is -0.470. The number of nitrogens with zero attached hydrogens (tertiary/aromatic N) is 4. The molecule has 34 heavy (non-hydrogen) atoms. The summed E-state index contributed by atoms with van der Waals surface area (Å²) in [5, 5.41) is 19.1. The molecule has 1 aromatic heterocycles. The van der Waals surface area contributed by atoms with Crippen molar-refractivity contribution in [2.75, 3.05) is 11.4 Å². The van der Waals surface area contributed by atoms with E-state index in [4.69, 9.17) is 33.0 Å². The molecule has 0 spiro atoms. The van der Waals surface area contributed by atoms with Crippen LogP contribution in [0.1, 0.15) is 47.8 Å². The molecule has 9 heteroatoms. The van der Waals surface area contributed by atoms with Gasteiger partial charge in [0.25, 0.3) is 0 Å². The first-order chi connectivity index (χ1) is 16.5. The molecule has 2 aromatic carbocycles. The number of aromatic nitrogens is 3. The fourth-order valence-electron chi connectivity index (χ4n) is 5.39. The van der Waals surface area contributed by atoms with Gasteiger partial charge in [-0.15, -0.1) is 5.10 Å². The molecule has 7 nitrogen and oxygen atoms in total. The number of aromatic carboxylic acids is 1. The summed E-state index contributed by atoms with van der Waals surface area (Å²) in [5.41, 5.74) is 3.72. The normalized spacial score (nSPS) is 23.6. The Kier molecular flexibility index (Phi) is 5.51. The molecule has 1 aliphatic heterocycles. The highest BCUT2D eigenvalue weighted by Crippen LogP contribution is 2.44. The van der Waals surface area contributed by atoms with E-state index >= 15 is 0 Å². The molecule has 6 rings (SSSR count). The Morgan fingerprint density at radius 1 is 1.06 bits per heavy atom. The van der Waals surface area contributed by atoms with Crippen LogP contribution in [0, 0.1) is 5.92 Å². The molecule has 3 atom stereocenters. The molecule has 1 saturated heterocycles. The summed E-state index contributed by atoms with van der Waals surface area (Å²) in [6, 6.07) is 13.4. The van der Waals surface area contributed by atoms with Crippen molar-refractivity contribution in [1.82, 2.24) is 15.0 Å². The van der Waals surface area contributed by atoms with Gasteiger partial charge in [-0.3, -0.25) is 0 Å². The first-order valence-electron chi connectivity index (χ1n) is 11.6. The van der Waals surface area contributed by atoms with Gasteiger partial charge in [-0.05, 0) is 62.1 Å². The fraction of sp³-hybridized carbons (Fsp3) is 0.400. The smallest absolute Gasteiger partial charge is 0.335 e. The van der Waals surface area contributed by atoms with Crippen molar-refractivity contribution in [2.45, 2.75) is 50.5 Å². The maximum Gasteiger partial charge on any atom is 0.335 e. The van der Waals surface area contributed by atoms with Crippen LogP contribution in [-0.2, 0) is 11.3 Å². The van der Waals surface area contributed by atoms with Gasteiger partial charge in [-0.1, -0.05) is 34.5 Å². The molecule has 2 saturated carbocycles. The third-order valence-electron chi connectivity index (χ3n) is 7.24. The number of hydrogen-bond acceptors (Lipinski definition) is 5. The Labute approximate surface area is 207 Å². The van der Waals surface area contributed by atoms with Crippen LogP contribution in [0.3, 0.4) is 0 Å². The predicted octanol–water partition coefficient (Wildman–Crippen LogP) is 5.47. The van der Waals surface area contributed by atoms with E-state index in [-0.39, 0.29) is 6.10 Å². The van der Waals surface area contributed by atoms with Gasteiger partial charge in [0.1, 0.15) is 5.69 Å². The van der Waals surface area contributed by atoms with Crippen molar-refractivity contribution < 1.29 is 14.6 Å². The van der Waals surface area contributed by atoms with Gasteiger partial charge in [-0.2, -0.15) is 0 Å². The zero-order valence-corrected chi connectivity index (χ0v) is 19.9. The summed E-state index contributed by atoms with van der Waals surface area (Å²) in [6.07, 6.45) is 4.37. The predicted molar refractivity (Wildman–Crippen MR) is 130 cm³/mol. The molecule has 3 aliphatic rings. The second-order valence-electron chi connectivity index (χ2n) is 9.40. The number of ether oxygens (including phenoxy) is 1. The molecule has 0 unspecified atom stereocenters. The first-order valence-corrected chi connectivity index (χ1v) is 12.3. The maximum atomic E-state index is 11.1. The average Bonchev–Trinajstić information content (AvgIpc) is 3.28. The van der Waals surface area contributed by atoms with Crippen molar-refractivity contribution in [3.05, 3.63) is 63.8 Å². The van der Waals surface area contributed by atoms with Gasteiger partial charge in [0.05, 0.1) is 40.1 Å². The highest BCUT2D eigenvalue weighted by atomic mass is 35.5. The molecular formula is C25H24Cl2N4O3. The van der Waals surface area contributed by atoms with E-state index in [1.54, 1.807) is 12.1 Å². The second-order valence-corrected chi connectivity index (χ2v) is 10.2. The zero-order chi connectivity index (χ0) is 23.4. The number of hydrogen-bond donors (Lipinski definition) is 1. The number of anilines is 1. The molecule has 2 aliphatic carbocycles. The second kappa shape index (κ2) is 8.56. The Morgan fingerprint density at radius 3 is 2.41 bits per heavy atom. The van der Waals surface area contributed by atoms with E-state index in [9.17, 15) is 4.79 Å². The fourth-order valence-corrected chi connectivity index (χ4v) is 5.96. The maximum absolute atomic E-state index is 11.1. The van der Waals surface area contributed by atoms with Gasteiger partial charge < -0.3 is 14.7 Å².